The van der Waals surface area contributed by atoms with Gasteiger partial charge in [0.05, 0.1) is 22.7 Å². The summed E-state index contributed by atoms with van der Waals surface area (Å²) in [5, 5.41) is 7.35. The number of rotatable bonds is 8. The first-order valence-corrected chi connectivity index (χ1v) is 11.8. The van der Waals surface area contributed by atoms with Crippen molar-refractivity contribution in [1.82, 2.24) is 14.7 Å². The molecule has 1 saturated heterocycles. The van der Waals surface area contributed by atoms with Gasteiger partial charge in [-0.05, 0) is 75.7 Å². The maximum Gasteiger partial charge on any atom is 0.275 e. The molecule has 31 heavy (non-hydrogen) atoms. The number of fused-ring (bicyclic) bond motifs is 1. The number of methoxy groups -OCH3 is 1. The second kappa shape index (κ2) is 9.10. The molecule has 2 aromatic heterocycles. The summed E-state index contributed by atoms with van der Waals surface area (Å²) in [6.07, 6.45) is 3.22. The van der Waals surface area contributed by atoms with Gasteiger partial charge >= 0.3 is 0 Å². The summed E-state index contributed by atoms with van der Waals surface area (Å²) in [5.74, 6) is 0.847. The highest BCUT2D eigenvalue weighted by Crippen LogP contribution is 2.31. The normalized spacial score (nSPS) is 19.5. The zero-order chi connectivity index (χ0) is 22.0. The Morgan fingerprint density at radius 3 is 2.71 bits per heavy atom. The van der Waals surface area contributed by atoms with Gasteiger partial charge in [0.25, 0.3) is 5.56 Å². The van der Waals surface area contributed by atoms with Crippen LogP contribution in [0.1, 0.15) is 46.1 Å². The first-order chi connectivity index (χ1) is 14.9. The van der Waals surface area contributed by atoms with E-state index < -0.39 is 0 Å². The minimum absolute atomic E-state index is 0.00808. The predicted molar refractivity (Wildman–Crippen MR) is 126 cm³/mol. The minimum atomic E-state index is -0.131. The predicted octanol–water partition coefficient (Wildman–Crippen LogP) is 4.93. The van der Waals surface area contributed by atoms with Crippen molar-refractivity contribution in [2.24, 2.45) is 0 Å². The molecule has 4 rings (SSSR count). The van der Waals surface area contributed by atoms with E-state index in [-0.39, 0.29) is 17.3 Å². The van der Waals surface area contributed by atoms with Crippen LogP contribution < -0.4 is 10.3 Å². The van der Waals surface area contributed by atoms with Crippen molar-refractivity contribution in [3.05, 3.63) is 46.1 Å². The lowest BCUT2D eigenvalue weighted by molar-refractivity contribution is -0.0980. The van der Waals surface area contributed by atoms with E-state index in [1.54, 1.807) is 23.1 Å². The average Bonchev–Trinajstić information content (AvgIpc) is 3.40. The van der Waals surface area contributed by atoms with Crippen LogP contribution in [-0.2, 0) is 4.74 Å². The van der Waals surface area contributed by atoms with Crippen LogP contribution >= 0.6 is 11.3 Å². The number of hydrogen-bond donors (Lipinski definition) is 0. The molecule has 1 atom stereocenters. The molecule has 1 aliphatic heterocycles. The van der Waals surface area contributed by atoms with Gasteiger partial charge in [0.2, 0.25) is 0 Å². The number of nitrogens with zero attached hydrogens (tertiary/aromatic N) is 3. The first kappa shape index (κ1) is 22.0. The van der Waals surface area contributed by atoms with Crippen LogP contribution in [0.25, 0.3) is 21.3 Å². The van der Waals surface area contributed by atoms with E-state index in [9.17, 15) is 4.79 Å². The molecule has 1 aliphatic rings. The number of benzene rings is 1. The van der Waals surface area contributed by atoms with Gasteiger partial charge in [-0.15, -0.1) is 11.3 Å². The fraction of sp³-hybridized carbons (Fsp3) is 0.500. The highest BCUT2D eigenvalue weighted by Gasteiger charge is 2.35. The zero-order valence-corrected chi connectivity index (χ0v) is 19.6. The average molecular weight is 442 g/mol. The second-order valence-corrected chi connectivity index (χ2v) is 9.47. The Labute approximate surface area is 187 Å². The highest BCUT2D eigenvalue weighted by molar-refractivity contribution is 7.17. The third-order valence-electron chi connectivity index (χ3n) is 6.16. The molecule has 0 bridgehead atoms. The molecular weight excluding hydrogens is 410 g/mol. The zero-order valence-electron chi connectivity index (χ0n) is 18.8. The molecule has 7 heteroatoms. The standard InChI is InChI=1S/C24H31N3O3S/c1-17(2)27-23(28)20-11-16-31-22(20)21(25-27)18-7-9-19(10-8-18)30-15-6-14-26-13-5-12-24(26,3)29-4/h7-11,16-17H,5-6,12-15H2,1-4H3/t24-/m1/s1. The largest absolute Gasteiger partial charge is 0.494 e. The Morgan fingerprint density at radius 1 is 1.23 bits per heavy atom. The first-order valence-electron chi connectivity index (χ1n) is 11.0. The lowest BCUT2D eigenvalue weighted by Crippen LogP contribution is -2.43. The summed E-state index contributed by atoms with van der Waals surface area (Å²) in [6, 6.07) is 9.91. The lowest BCUT2D eigenvalue weighted by atomic mass is 10.1. The van der Waals surface area contributed by atoms with Crippen molar-refractivity contribution < 1.29 is 9.47 Å². The number of aromatic nitrogens is 2. The van der Waals surface area contributed by atoms with Gasteiger partial charge in [0, 0.05) is 25.8 Å². The Kier molecular flexibility index (Phi) is 6.46. The maximum absolute atomic E-state index is 12.6. The molecule has 0 unspecified atom stereocenters. The SMILES string of the molecule is CO[C@]1(C)CCCN1CCCOc1ccc(-c2nn(C(C)C)c(=O)c3ccsc23)cc1. The van der Waals surface area contributed by atoms with Crippen molar-refractivity contribution in [3.8, 4) is 17.0 Å². The van der Waals surface area contributed by atoms with Crippen molar-refractivity contribution in [1.29, 1.82) is 0 Å². The van der Waals surface area contributed by atoms with E-state index in [1.165, 1.54) is 6.42 Å². The summed E-state index contributed by atoms with van der Waals surface area (Å²) >= 11 is 1.56. The minimum Gasteiger partial charge on any atom is -0.494 e. The van der Waals surface area contributed by atoms with Crippen LogP contribution in [0, 0.1) is 0 Å². The lowest BCUT2D eigenvalue weighted by Gasteiger charge is -2.33. The number of likely N-dealkylation sites (tertiary alicyclic amines) is 1. The molecule has 166 valence electrons. The van der Waals surface area contributed by atoms with E-state index in [0.29, 0.717) is 6.61 Å². The highest BCUT2D eigenvalue weighted by atomic mass is 32.1. The molecule has 0 spiro atoms. The van der Waals surface area contributed by atoms with Crippen LogP contribution in [0.15, 0.2) is 40.5 Å². The molecule has 0 N–H and O–H groups in total. The smallest absolute Gasteiger partial charge is 0.275 e. The van der Waals surface area contributed by atoms with Gasteiger partial charge in [-0.2, -0.15) is 5.10 Å². The third kappa shape index (κ3) is 4.40. The van der Waals surface area contributed by atoms with Crippen LogP contribution in [0.2, 0.25) is 0 Å². The number of hydrogen-bond acceptors (Lipinski definition) is 6. The van der Waals surface area contributed by atoms with E-state index in [2.05, 4.69) is 16.9 Å². The van der Waals surface area contributed by atoms with E-state index >= 15 is 0 Å². The Balaban J connectivity index is 1.43. The molecule has 3 aromatic rings. The number of ether oxygens (including phenoxy) is 2. The summed E-state index contributed by atoms with van der Waals surface area (Å²) in [5.41, 5.74) is 1.67. The molecule has 1 fully saturated rings. The van der Waals surface area contributed by atoms with Gasteiger partial charge in [-0.3, -0.25) is 9.69 Å². The van der Waals surface area contributed by atoms with Crippen LogP contribution in [-0.4, -0.2) is 47.2 Å². The van der Waals surface area contributed by atoms with Gasteiger partial charge < -0.3 is 9.47 Å². The topological polar surface area (TPSA) is 56.6 Å². The fourth-order valence-electron chi connectivity index (χ4n) is 4.25. The Hall–Kier alpha value is -2.22. The quantitative estimate of drug-likeness (QED) is 0.464. The molecule has 0 radical (unpaired) electrons. The van der Waals surface area contributed by atoms with Gasteiger partial charge in [-0.25, -0.2) is 4.68 Å². The second-order valence-electron chi connectivity index (χ2n) is 8.55. The number of thiophene rings is 1. The molecule has 0 aliphatic carbocycles. The summed E-state index contributed by atoms with van der Waals surface area (Å²) < 4.78 is 14.2. The summed E-state index contributed by atoms with van der Waals surface area (Å²) in [6.45, 7) is 8.85. The molecule has 1 aromatic carbocycles. The monoisotopic (exact) mass is 441 g/mol. The Bertz CT molecular complexity index is 1090. The van der Waals surface area contributed by atoms with Crippen LogP contribution in [0.4, 0.5) is 0 Å². The van der Waals surface area contributed by atoms with Crippen LogP contribution in [0.5, 0.6) is 5.75 Å². The van der Waals surface area contributed by atoms with E-state index in [4.69, 9.17) is 9.47 Å². The van der Waals surface area contributed by atoms with Gasteiger partial charge in [0.15, 0.2) is 0 Å². The maximum atomic E-state index is 12.6. The molecule has 0 amide bonds. The van der Waals surface area contributed by atoms with Crippen molar-refractivity contribution in [3.63, 3.8) is 0 Å². The fourth-order valence-corrected chi connectivity index (χ4v) is 5.14. The summed E-state index contributed by atoms with van der Waals surface area (Å²) in [4.78, 5) is 15.0. The molecule has 0 saturated carbocycles. The molecule has 6 nitrogen and oxygen atoms in total. The molecule has 3 heterocycles. The van der Waals surface area contributed by atoms with E-state index in [1.807, 2.05) is 49.6 Å². The Morgan fingerprint density at radius 2 is 2.00 bits per heavy atom. The summed E-state index contributed by atoms with van der Waals surface area (Å²) in [7, 11) is 1.79. The van der Waals surface area contributed by atoms with Crippen molar-refractivity contribution in [2.45, 2.75) is 51.8 Å². The van der Waals surface area contributed by atoms with Crippen molar-refractivity contribution >= 4 is 21.4 Å². The van der Waals surface area contributed by atoms with Crippen LogP contribution in [0.3, 0.4) is 0 Å². The van der Waals surface area contributed by atoms with Gasteiger partial charge in [0.1, 0.15) is 17.2 Å². The molecular formula is C24H31N3O3S. The van der Waals surface area contributed by atoms with Gasteiger partial charge in [-0.1, -0.05) is 0 Å². The van der Waals surface area contributed by atoms with Crippen molar-refractivity contribution in [2.75, 3.05) is 26.8 Å². The van der Waals surface area contributed by atoms with E-state index in [0.717, 1.165) is 53.0 Å². The third-order valence-corrected chi connectivity index (χ3v) is 7.08.